The van der Waals surface area contributed by atoms with Gasteiger partial charge in [0.05, 0.1) is 49.5 Å². The number of carbonyl (C=O) groups excluding carboxylic acids is 2. The van der Waals surface area contributed by atoms with E-state index in [1.165, 1.54) is 57.8 Å². The minimum absolute atomic E-state index is 0.00591. The summed E-state index contributed by atoms with van der Waals surface area (Å²) in [4.78, 5) is 23.2. The van der Waals surface area contributed by atoms with Gasteiger partial charge >= 0.3 is 11.9 Å². The average Bonchev–Trinajstić information content (AvgIpc) is 3.39. The fourth-order valence-electron chi connectivity index (χ4n) is 6.16. The second-order valence-electron chi connectivity index (χ2n) is 10.9. The molecule has 35 heavy (non-hydrogen) atoms. The van der Waals surface area contributed by atoms with Crippen molar-refractivity contribution in [2.75, 3.05) is 13.2 Å². The van der Waals surface area contributed by atoms with Gasteiger partial charge < -0.3 is 18.9 Å². The Morgan fingerprint density at radius 1 is 0.486 bits per heavy atom. The Morgan fingerprint density at radius 3 is 1.14 bits per heavy atom. The van der Waals surface area contributed by atoms with Gasteiger partial charge in [-0.25, -0.2) is 0 Å². The van der Waals surface area contributed by atoms with Crippen LogP contribution in [-0.4, -0.2) is 49.6 Å². The maximum Gasteiger partial charge on any atom is 0.308 e. The van der Waals surface area contributed by atoms with E-state index in [1.807, 2.05) is 13.8 Å². The van der Waals surface area contributed by atoms with E-state index in [0.717, 1.165) is 51.4 Å². The Kier molecular flexibility index (Phi) is 12.9. The van der Waals surface area contributed by atoms with Crippen molar-refractivity contribution in [3.8, 4) is 0 Å². The van der Waals surface area contributed by atoms with Gasteiger partial charge in [-0.05, 0) is 90.9 Å². The third kappa shape index (κ3) is 10.0. The van der Waals surface area contributed by atoms with Crippen molar-refractivity contribution in [2.45, 2.75) is 147 Å². The first-order chi connectivity index (χ1) is 17.1. The lowest BCUT2D eigenvalue weighted by Gasteiger charge is -2.32. The fourth-order valence-corrected chi connectivity index (χ4v) is 6.16. The predicted molar refractivity (Wildman–Crippen MR) is 136 cm³/mol. The molecule has 4 aliphatic carbocycles. The smallest absolute Gasteiger partial charge is 0.308 e. The lowest BCUT2D eigenvalue weighted by molar-refractivity contribution is -0.151. The summed E-state index contributed by atoms with van der Waals surface area (Å²) in [6, 6.07) is 0. The highest BCUT2D eigenvalue weighted by molar-refractivity contribution is 5.72. The van der Waals surface area contributed by atoms with Crippen molar-refractivity contribution in [2.24, 2.45) is 11.8 Å². The van der Waals surface area contributed by atoms with Crippen LogP contribution in [0, 0.1) is 11.8 Å². The third-order valence-electron chi connectivity index (χ3n) is 8.21. The molecule has 0 aliphatic heterocycles. The monoisotopic (exact) mass is 494 g/mol. The maximum absolute atomic E-state index is 11.6. The number of rotatable bonds is 8. The number of ether oxygens (including phenoxy) is 4. The normalized spacial score (nSPS) is 30.2. The van der Waals surface area contributed by atoms with E-state index in [2.05, 4.69) is 0 Å². The highest BCUT2D eigenvalue weighted by atomic mass is 16.5. The SMILES string of the molecule is CCOC(=O)C1CCC(OC2CCCC2)CC1.CCOC(=O)C1CCC(OC2CCCCC2)CC1. The lowest BCUT2D eigenvalue weighted by Crippen LogP contribution is -2.31. The van der Waals surface area contributed by atoms with E-state index in [1.54, 1.807) is 0 Å². The standard InChI is InChI=1S/C15H26O3.C14H24O3/c1-2-17-15(16)12-8-10-14(11-9-12)18-13-6-4-3-5-7-13;1-2-16-14(15)11-7-9-13(10-8-11)17-12-5-3-4-6-12/h12-14H,2-11H2,1H3;11-13H,2-10H2,1H3. The van der Waals surface area contributed by atoms with Gasteiger partial charge in [-0.15, -0.1) is 0 Å². The highest BCUT2D eigenvalue weighted by Gasteiger charge is 2.30. The van der Waals surface area contributed by atoms with Gasteiger partial charge in [0.1, 0.15) is 0 Å². The zero-order valence-electron chi connectivity index (χ0n) is 22.3. The minimum atomic E-state index is -0.00758. The van der Waals surface area contributed by atoms with Crippen LogP contribution in [0.5, 0.6) is 0 Å². The van der Waals surface area contributed by atoms with Crippen LogP contribution >= 0.6 is 0 Å². The molecule has 0 aromatic heterocycles. The van der Waals surface area contributed by atoms with E-state index in [4.69, 9.17) is 18.9 Å². The predicted octanol–water partition coefficient (Wildman–Crippen LogP) is 6.53. The molecular weight excluding hydrogens is 444 g/mol. The summed E-state index contributed by atoms with van der Waals surface area (Å²) < 4.78 is 22.4. The van der Waals surface area contributed by atoms with E-state index in [9.17, 15) is 9.59 Å². The van der Waals surface area contributed by atoms with Crippen molar-refractivity contribution in [1.29, 1.82) is 0 Å². The van der Waals surface area contributed by atoms with Crippen molar-refractivity contribution < 1.29 is 28.5 Å². The second-order valence-corrected chi connectivity index (χ2v) is 10.9. The largest absolute Gasteiger partial charge is 0.466 e. The molecule has 4 saturated carbocycles. The van der Waals surface area contributed by atoms with Crippen molar-refractivity contribution in [3.05, 3.63) is 0 Å². The second kappa shape index (κ2) is 15.9. The Balaban J connectivity index is 0.000000196. The minimum Gasteiger partial charge on any atom is -0.466 e. The number of esters is 2. The number of hydrogen-bond donors (Lipinski definition) is 0. The van der Waals surface area contributed by atoms with Gasteiger partial charge in [-0.3, -0.25) is 9.59 Å². The molecule has 0 aromatic carbocycles. The van der Waals surface area contributed by atoms with E-state index in [-0.39, 0.29) is 23.8 Å². The molecule has 0 N–H and O–H groups in total. The molecule has 0 atom stereocenters. The van der Waals surface area contributed by atoms with Gasteiger partial charge in [-0.2, -0.15) is 0 Å². The molecule has 0 bridgehead atoms. The number of carbonyl (C=O) groups is 2. The Labute approximate surface area is 213 Å². The van der Waals surface area contributed by atoms with Crippen molar-refractivity contribution >= 4 is 11.9 Å². The molecule has 0 radical (unpaired) electrons. The molecule has 4 aliphatic rings. The lowest BCUT2D eigenvalue weighted by atomic mass is 9.87. The van der Waals surface area contributed by atoms with Gasteiger partial charge in [0.15, 0.2) is 0 Å². The van der Waals surface area contributed by atoms with Gasteiger partial charge in [0, 0.05) is 0 Å². The van der Waals surface area contributed by atoms with Crippen LogP contribution in [0.1, 0.15) is 123 Å². The molecule has 0 heterocycles. The van der Waals surface area contributed by atoms with E-state index in [0.29, 0.717) is 37.6 Å². The van der Waals surface area contributed by atoms with Crippen LogP contribution < -0.4 is 0 Å². The Morgan fingerprint density at radius 2 is 0.800 bits per heavy atom. The zero-order valence-corrected chi connectivity index (χ0v) is 22.3. The fraction of sp³-hybridized carbons (Fsp3) is 0.931. The van der Waals surface area contributed by atoms with Crippen LogP contribution in [-0.2, 0) is 28.5 Å². The first-order valence-electron chi connectivity index (χ1n) is 14.7. The summed E-state index contributed by atoms with van der Waals surface area (Å²) in [6.45, 7) is 4.73. The quantitative estimate of drug-likeness (QED) is 0.358. The molecule has 6 nitrogen and oxygen atoms in total. The highest BCUT2D eigenvalue weighted by Crippen LogP contribution is 2.32. The van der Waals surface area contributed by atoms with Crippen molar-refractivity contribution in [3.63, 3.8) is 0 Å². The topological polar surface area (TPSA) is 71.1 Å². The molecule has 0 aromatic rings. The Bertz CT molecular complexity index is 594. The van der Waals surface area contributed by atoms with Crippen LogP contribution in [0.15, 0.2) is 0 Å². The van der Waals surface area contributed by atoms with E-state index >= 15 is 0 Å². The molecular formula is C29H50O6. The summed E-state index contributed by atoms with van der Waals surface area (Å²) in [5, 5.41) is 0. The molecule has 4 fully saturated rings. The van der Waals surface area contributed by atoms with Crippen LogP contribution in [0.4, 0.5) is 0 Å². The molecule has 202 valence electrons. The summed E-state index contributed by atoms with van der Waals surface area (Å²) >= 11 is 0. The summed E-state index contributed by atoms with van der Waals surface area (Å²) in [7, 11) is 0. The average molecular weight is 495 g/mol. The first-order valence-corrected chi connectivity index (χ1v) is 14.7. The molecule has 6 heteroatoms. The summed E-state index contributed by atoms with van der Waals surface area (Å²) in [5.41, 5.74) is 0. The summed E-state index contributed by atoms with van der Waals surface area (Å²) in [6.07, 6.45) is 21.2. The zero-order chi connectivity index (χ0) is 24.9. The van der Waals surface area contributed by atoms with Crippen molar-refractivity contribution in [1.82, 2.24) is 0 Å². The summed E-state index contributed by atoms with van der Waals surface area (Å²) in [5.74, 6) is 0.231. The third-order valence-corrected chi connectivity index (χ3v) is 8.21. The molecule has 0 spiro atoms. The molecule has 4 rings (SSSR count). The van der Waals surface area contributed by atoms with Gasteiger partial charge in [0.2, 0.25) is 0 Å². The van der Waals surface area contributed by atoms with Crippen LogP contribution in [0.25, 0.3) is 0 Å². The molecule has 0 amide bonds. The van der Waals surface area contributed by atoms with Crippen LogP contribution in [0.3, 0.4) is 0 Å². The van der Waals surface area contributed by atoms with Gasteiger partial charge in [-0.1, -0.05) is 32.1 Å². The number of hydrogen-bond acceptors (Lipinski definition) is 6. The molecule has 0 unspecified atom stereocenters. The molecule has 0 saturated heterocycles. The Hall–Kier alpha value is -1.14. The van der Waals surface area contributed by atoms with Crippen LogP contribution in [0.2, 0.25) is 0 Å². The maximum atomic E-state index is 11.6. The van der Waals surface area contributed by atoms with Gasteiger partial charge in [0.25, 0.3) is 0 Å². The first kappa shape index (κ1) is 28.4. The van der Waals surface area contributed by atoms with E-state index < -0.39 is 0 Å².